The molecule has 0 fully saturated rings. The number of hydrogen-bond donors (Lipinski definition) is 4. The third-order valence-electron chi connectivity index (χ3n) is 3.83. The number of Topliss-reactive ketones (excluding diaryl/α,β-unsaturated/α-hetero) is 1. The smallest absolute Gasteiger partial charge is 0.254 e. The second-order valence-corrected chi connectivity index (χ2v) is 8.21. The van der Waals surface area contributed by atoms with Crippen LogP contribution in [0.5, 0.6) is 0 Å². The Morgan fingerprint density at radius 2 is 2.07 bits per heavy atom. The van der Waals surface area contributed by atoms with E-state index < -0.39 is 17.8 Å². The van der Waals surface area contributed by atoms with Gasteiger partial charge in [0, 0.05) is 16.7 Å². The van der Waals surface area contributed by atoms with Gasteiger partial charge in [-0.25, -0.2) is 4.39 Å². The van der Waals surface area contributed by atoms with E-state index in [1.165, 1.54) is 13.0 Å². The molecular weight excluding hydrogens is 486 g/mol. The van der Waals surface area contributed by atoms with Crippen LogP contribution in [0.15, 0.2) is 18.2 Å². The van der Waals surface area contributed by atoms with Crippen LogP contribution < -0.4 is 10.6 Å². The van der Waals surface area contributed by atoms with Gasteiger partial charge in [0.05, 0.1) is 22.2 Å². The minimum absolute atomic E-state index is 0.0403. The van der Waals surface area contributed by atoms with Gasteiger partial charge < -0.3 is 20.8 Å². The first-order valence-electron chi connectivity index (χ1n) is 8.18. The lowest BCUT2D eigenvalue weighted by Crippen LogP contribution is -2.33. The molecule has 0 spiro atoms. The predicted octanol–water partition coefficient (Wildman–Crippen LogP) is 3.22. The van der Waals surface area contributed by atoms with E-state index in [1.807, 2.05) is 22.6 Å². The average molecular weight is 506 g/mol. The fraction of sp³-hybridized carbons (Fsp3) is 0.333. The lowest BCUT2D eigenvalue weighted by atomic mass is 10.1. The standard InChI is InChI=1S/C18H20FIN2O4S/c1-9-15(17(26)21-8-12(25)5-6-23)18(27-16(9)10(2)24)22-14-4-3-11(20)7-13(14)19/h3-4,7,12,22-23,25H,5-6,8H2,1-2H3,(H,21,26). The molecule has 4 N–H and O–H groups in total. The Morgan fingerprint density at radius 3 is 2.67 bits per heavy atom. The number of nitrogens with one attached hydrogen (secondary N) is 2. The van der Waals surface area contributed by atoms with E-state index >= 15 is 0 Å². The van der Waals surface area contributed by atoms with Gasteiger partial charge in [-0.15, -0.1) is 11.3 Å². The number of hydrogen-bond acceptors (Lipinski definition) is 6. The Kier molecular flexibility index (Phi) is 7.71. The highest BCUT2D eigenvalue weighted by Crippen LogP contribution is 2.36. The van der Waals surface area contributed by atoms with Crippen LogP contribution in [0.25, 0.3) is 0 Å². The molecule has 9 heteroatoms. The largest absolute Gasteiger partial charge is 0.396 e. The van der Waals surface area contributed by atoms with Crippen molar-refractivity contribution in [2.75, 3.05) is 18.5 Å². The molecule has 0 saturated carbocycles. The molecule has 1 amide bonds. The van der Waals surface area contributed by atoms with E-state index in [9.17, 15) is 19.1 Å². The van der Waals surface area contributed by atoms with Crippen molar-refractivity contribution >= 4 is 56.3 Å². The summed E-state index contributed by atoms with van der Waals surface area (Å²) in [5.41, 5.74) is 0.926. The van der Waals surface area contributed by atoms with E-state index in [4.69, 9.17) is 5.11 Å². The molecule has 2 aromatic rings. The number of carbonyl (C=O) groups is 2. The molecule has 27 heavy (non-hydrogen) atoms. The van der Waals surface area contributed by atoms with Crippen LogP contribution in [0.3, 0.4) is 0 Å². The molecule has 0 saturated heterocycles. The average Bonchev–Trinajstić information content (AvgIpc) is 2.92. The number of thiophene rings is 1. The van der Waals surface area contributed by atoms with Crippen molar-refractivity contribution in [3.63, 3.8) is 0 Å². The first-order valence-corrected chi connectivity index (χ1v) is 10.1. The number of carbonyl (C=O) groups excluding carboxylic acids is 2. The van der Waals surface area contributed by atoms with Gasteiger partial charge in [-0.2, -0.15) is 0 Å². The van der Waals surface area contributed by atoms with Gasteiger partial charge in [-0.1, -0.05) is 0 Å². The van der Waals surface area contributed by atoms with Crippen LogP contribution in [0.1, 0.15) is 38.9 Å². The lowest BCUT2D eigenvalue weighted by Gasteiger charge is -2.12. The number of ketones is 1. The molecule has 1 heterocycles. The van der Waals surface area contributed by atoms with Crippen molar-refractivity contribution in [2.24, 2.45) is 0 Å². The molecule has 1 aromatic carbocycles. The molecule has 1 atom stereocenters. The highest BCUT2D eigenvalue weighted by atomic mass is 127. The number of benzene rings is 1. The summed E-state index contributed by atoms with van der Waals surface area (Å²) in [6.07, 6.45) is -0.740. The van der Waals surface area contributed by atoms with Crippen molar-refractivity contribution in [3.05, 3.63) is 43.6 Å². The van der Waals surface area contributed by atoms with E-state index in [1.54, 1.807) is 19.1 Å². The Morgan fingerprint density at radius 1 is 1.37 bits per heavy atom. The van der Waals surface area contributed by atoms with E-state index in [2.05, 4.69) is 10.6 Å². The molecule has 1 unspecified atom stereocenters. The number of aliphatic hydroxyl groups is 2. The minimum atomic E-state index is -0.879. The maximum Gasteiger partial charge on any atom is 0.254 e. The fourth-order valence-corrected chi connectivity index (χ4v) is 4.04. The summed E-state index contributed by atoms with van der Waals surface area (Å²) in [5.74, 6) is -1.15. The first kappa shape index (κ1) is 21.7. The number of anilines is 2. The zero-order valence-corrected chi connectivity index (χ0v) is 17.8. The normalized spacial score (nSPS) is 11.9. The quantitative estimate of drug-likeness (QED) is 0.326. The van der Waals surface area contributed by atoms with Gasteiger partial charge in [-0.05, 0) is 66.6 Å². The van der Waals surface area contributed by atoms with Crippen LogP contribution in [0.4, 0.5) is 15.1 Å². The number of halogens is 2. The van der Waals surface area contributed by atoms with Crippen LogP contribution in [-0.4, -0.2) is 41.2 Å². The Hall–Kier alpha value is -1.56. The summed E-state index contributed by atoms with van der Waals surface area (Å²) in [7, 11) is 0. The first-order chi connectivity index (χ1) is 12.7. The number of amides is 1. The highest BCUT2D eigenvalue weighted by Gasteiger charge is 2.24. The van der Waals surface area contributed by atoms with Crippen LogP contribution >= 0.6 is 33.9 Å². The molecule has 0 aliphatic carbocycles. The summed E-state index contributed by atoms with van der Waals surface area (Å²) in [5, 5.41) is 24.4. The Labute approximate surface area is 173 Å². The van der Waals surface area contributed by atoms with Crippen molar-refractivity contribution in [1.82, 2.24) is 5.32 Å². The van der Waals surface area contributed by atoms with Gasteiger partial charge in [0.2, 0.25) is 0 Å². The predicted molar refractivity (Wildman–Crippen MR) is 112 cm³/mol. The topological polar surface area (TPSA) is 98.7 Å². The van der Waals surface area contributed by atoms with Crippen molar-refractivity contribution < 1.29 is 24.2 Å². The Bertz CT molecular complexity index is 856. The Balaban J connectivity index is 2.34. The molecular formula is C18H20FIN2O4S. The summed E-state index contributed by atoms with van der Waals surface area (Å²) >= 11 is 3.08. The van der Waals surface area contributed by atoms with Gasteiger partial charge >= 0.3 is 0 Å². The third-order valence-corrected chi connectivity index (χ3v) is 5.81. The van der Waals surface area contributed by atoms with E-state index in [0.29, 0.717) is 15.4 Å². The monoisotopic (exact) mass is 506 g/mol. The van der Waals surface area contributed by atoms with E-state index in [0.717, 1.165) is 14.9 Å². The van der Waals surface area contributed by atoms with Crippen molar-refractivity contribution in [2.45, 2.75) is 26.4 Å². The van der Waals surface area contributed by atoms with Crippen molar-refractivity contribution in [1.29, 1.82) is 0 Å². The molecule has 2 rings (SSSR count). The lowest BCUT2D eigenvalue weighted by molar-refractivity contribution is 0.0890. The fourth-order valence-electron chi connectivity index (χ4n) is 2.47. The summed E-state index contributed by atoms with van der Waals surface area (Å²) in [6, 6.07) is 4.65. The zero-order chi connectivity index (χ0) is 20.1. The molecule has 0 aliphatic rings. The summed E-state index contributed by atoms with van der Waals surface area (Å²) in [4.78, 5) is 24.9. The highest BCUT2D eigenvalue weighted by molar-refractivity contribution is 14.1. The summed E-state index contributed by atoms with van der Waals surface area (Å²) in [6.45, 7) is 2.83. The molecule has 6 nitrogen and oxygen atoms in total. The van der Waals surface area contributed by atoms with Gasteiger partial charge in [0.15, 0.2) is 5.78 Å². The number of rotatable bonds is 8. The van der Waals surface area contributed by atoms with E-state index in [-0.39, 0.29) is 36.6 Å². The van der Waals surface area contributed by atoms with Crippen LogP contribution in [0, 0.1) is 16.3 Å². The minimum Gasteiger partial charge on any atom is -0.396 e. The second-order valence-electron chi connectivity index (χ2n) is 5.94. The molecule has 1 aromatic heterocycles. The molecule has 0 bridgehead atoms. The molecule has 146 valence electrons. The van der Waals surface area contributed by atoms with Gasteiger partial charge in [0.25, 0.3) is 5.91 Å². The third kappa shape index (κ3) is 5.47. The van der Waals surface area contributed by atoms with Gasteiger partial charge in [-0.3, -0.25) is 9.59 Å². The van der Waals surface area contributed by atoms with Crippen molar-refractivity contribution in [3.8, 4) is 0 Å². The van der Waals surface area contributed by atoms with Crippen LogP contribution in [-0.2, 0) is 0 Å². The van der Waals surface area contributed by atoms with Gasteiger partial charge in [0.1, 0.15) is 10.8 Å². The summed E-state index contributed by atoms with van der Waals surface area (Å²) < 4.78 is 14.9. The second kappa shape index (κ2) is 9.58. The van der Waals surface area contributed by atoms with Crippen LogP contribution in [0.2, 0.25) is 0 Å². The number of aliphatic hydroxyl groups excluding tert-OH is 2. The zero-order valence-electron chi connectivity index (χ0n) is 14.8. The molecule has 0 radical (unpaired) electrons. The maximum atomic E-state index is 14.2. The maximum absolute atomic E-state index is 14.2. The molecule has 0 aliphatic heterocycles. The SMILES string of the molecule is CC(=O)c1sc(Nc2ccc(I)cc2F)c(C(=O)NCC(O)CCO)c1C.